The Balaban J connectivity index is 2.31. The van der Waals surface area contributed by atoms with Gasteiger partial charge in [0.2, 0.25) is 0 Å². The minimum atomic E-state index is 0.554. The Morgan fingerprint density at radius 3 is 2.87 bits per heavy atom. The largest absolute Gasteiger partial charge is 0.330 e. The molecule has 0 aliphatic heterocycles. The molecule has 3 nitrogen and oxygen atoms in total. The van der Waals surface area contributed by atoms with Crippen LogP contribution in [0.5, 0.6) is 0 Å². The van der Waals surface area contributed by atoms with E-state index in [1.165, 1.54) is 0 Å². The monoisotopic (exact) mass is 207 g/mol. The third-order valence-corrected chi connectivity index (χ3v) is 2.78. The summed E-state index contributed by atoms with van der Waals surface area (Å²) in [5, 5.41) is 0. The summed E-state index contributed by atoms with van der Waals surface area (Å²) in [6.07, 6.45) is 3.91. The summed E-state index contributed by atoms with van der Waals surface area (Å²) in [5.74, 6) is 0. The Morgan fingerprint density at radius 2 is 2.27 bits per heavy atom. The second kappa shape index (κ2) is 6.53. The fraction of sp³-hybridized carbons (Fsp3) is 0.583. The zero-order valence-corrected chi connectivity index (χ0v) is 9.69. The lowest BCUT2D eigenvalue weighted by Gasteiger charge is -2.23. The molecule has 84 valence electrons. The van der Waals surface area contributed by atoms with E-state index in [2.05, 4.69) is 29.9 Å². The number of hydrogen-bond donors (Lipinski definition) is 1. The van der Waals surface area contributed by atoms with Crippen LogP contribution in [0.1, 0.15) is 19.0 Å². The van der Waals surface area contributed by atoms with Crippen LogP contribution in [0, 0.1) is 0 Å². The number of likely N-dealkylation sites (N-methyl/N-ethyl adjacent to an activating group) is 1. The van der Waals surface area contributed by atoms with E-state index in [0.29, 0.717) is 6.04 Å². The molecule has 0 spiro atoms. The van der Waals surface area contributed by atoms with Crippen molar-refractivity contribution in [1.82, 2.24) is 9.88 Å². The van der Waals surface area contributed by atoms with Gasteiger partial charge in [-0.05, 0) is 39.1 Å². The molecule has 1 atom stereocenters. The van der Waals surface area contributed by atoms with Gasteiger partial charge in [-0.1, -0.05) is 6.07 Å². The van der Waals surface area contributed by atoms with Crippen molar-refractivity contribution in [2.75, 3.05) is 20.1 Å². The van der Waals surface area contributed by atoms with Crippen molar-refractivity contribution < 1.29 is 0 Å². The van der Waals surface area contributed by atoms with Crippen LogP contribution < -0.4 is 5.73 Å². The molecule has 0 amide bonds. The van der Waals surface area contributed by atoms with Crippen LogP contribution in [0.2, 0.25) is 0 Å². The van der Waals surface area contributed by atoms with Crippen molar-refractivity contribution in [1.29, 1.82) is 0 Å². The molecule has 0 aliphatic rings. The first-order chi connectivity index (χ1) is 7.24. The molecule has 1 rings (SSSR count). The Labute approximate surface area is 92.3 Å². The number of nitrogens with zero attached hydrogens (tertiary/aromatic N) is 2. The highest BCUT2D eigenvalue weighted by atomic mass is 15.1. The summed E-state index contributed by atoms with van der Waals surface area (Å²) < 4.78 is 0. The fourth-order valence-corrected chi connectivity index (χ4v) is 1.52. The van der Waals surface area contributed by atoms with E-state index in [9.17, 15) is 0 Å². The average Bonchev–Trinajstić information content (AvgIpc) is 2.27. The van der Waals surface area contributed by atoms with Gasteiger partial charge in [-0.2, -0.15) is 0 Å². The smallest absolute Gasteiger partial charge is 0.0416 e. The van der Waals surface area contributed by atoms with Gasteiger partial charge in [-0.3, -0.25) is 4.98 Å². The van der Waals surface area contributed by atoms with Gasteiger partial charge in [0.05, 0.1) is 0 Å². The Bertz CT molecular complexity index is 261. The van der Waals surface area contributed by atoms with E-state index in [4.69, 9.17) is 5.73 Å². The molecule has 0 radical (unpaired) electrons. The second-order valence-corrected chi connectivity index (χ2v) is 3.98. The summed E-state index contributed by atoms with van der Waals surface area (Å²) in [5.41, 5.74) is 6.69. The van der Waals surface area contributed by atoms with Gasteiger partial charge in [0.15, 0.2) is 0 Å². The molecule has 0 aromatic carbocycles. The third-order valence-electron chi connectivity index (χ3n) is 2.78. The molecule has 0 saturated heterocycles. The normalized spacial score (nSPS) is 13.1. The van der Waals surface area contributed by atoms with Crippen LogP contribution in [0.3, 0.4) is 0 Å². The maximum atomic E-state index is 5.54. The number of rotatable bonds is 6. The molecule has 0 bridgehead atoms. The van der Waals surface area contributed by atoms with Gasteiger partial charge >= 0.3 is 0 Å². The summed E-state index contributed by atoms with van der Waals surface area (Å²) in [6, 6.07) is 6.61. The van der Waals surface area contributed by atoms with Crippen LogP contribution >= 0.6 is 0 Å². The predicted octanol–water partition coefficient (Wildman–Crippen LogP) is 1.29. The first-order valence-corrected chi connectivity index (χ1v) is 5.54. The maximum Gasteiger partial charge on any atom is 0.0416 e. The number of pyridine rings is 1. The summed E-state index contributed by atoms with van der Waals surface area (Å²) in [6.45, 7) is 4.01. The first-order valence-electron chi connectivity index (χ1n) is 5.54. The molecule has 0 aliphatic carbocycles. The molecule has 1 heterocycles. The Hall–Kier alpha value is -0.930. The number of nitrogens with two attached hydrogens (primary N) is 1. The molecule has 1 aromatic heterocycles. The van der Waals surface area contributed by atoms with Gasteiger partial charge in [0.1, 0.15) is 0 Å². The van der Waals surface area contributed by atoms with Crippen LogP contribution in [0.25, 0.3) is 0 Å². The van der Waals surface area contributed by atoms with Gasteiger partial charge in [0.25, 0.3) is 0 Å². The molecule has 0 saturated carbocycles. The van der Waals surface area contributed by atoms with E-state index >= 15 is 0 Å². The predicted molar refractivity (Wildman–Crippen MR) is 63.7 cm³/mol. The molecule has 15 heavy (non-hydrogen) atoms. The summed E-state index contributed by atoms with van der Waals surface area (Å²) in [7, 11) is 2.14. The average molecular weight is 207 g/mol. The van der Waals surface area contributed by atoms with Gasteiger partial charge < -0.3 is 10.6 Å². The number of aromatic nitrogens is 1. The summed E-state index contributed by atoms with van der Waals surface area (Å²) >= 11 is 0. The standard InChI is InChI=1S/C12H21N3/c1-11(6-8-13)15(2)10-7-12-5-3-4-9-14-12/h3-5,9,11H,6-8,10,13H2,1-2H3. The highest BCUT2D eigenvalue weighted by molar-refractivity contribution is 5.03. The molecular formula is C12H21N3. The highest BCUT2D eigenvalue weighted by Crippen LogP contribution is 2.02. The summed E-state index contributed by atoms with van der Waals surface area (Å²) in [4.78, 5) is 6.64. The SMILES string of the molecule is CC(CCN)N(C)CCc1ccccn1. The topological polar surface area (TPSA) is 42.1 Å². The van der Waals surface area contributed by atoms with Crippen molar-refractivity contribution in [3.05, 3.63) is 30.1 Å². The minimum Gasteiger partial charge on any atom is -0.330 e. The van der Waals surface area contributed by atoms with E-state index in [-0.39, 0.29) is 0 Å². The number of hydrogen-bond acceptors (Lipinski definition) is 3. The van der Waals surface area contributed by atoms with Crippen molar-refractivity contribution in [3.63, 3.8) is 0 Å². The molecule has 1 unspecified atom stereocenters. The van der Waals surface area contributed by atoms with Crippen molar-refractivity contribution in [3.8, 4) is 0 Å². The minimum absolute atomic E-state index is 0.554. The maximum absolute atomic E-state index is 5.54. The van der Waals surface area contributed by atoms with E-state index in [0.717, 1.165) is 31.6 Å². The molecular weight excluding hydrogens is 186 g/mol. The third kappa shape index (κ3) is 4.40. The lowest BCUT2D eigenvalue weighted by Crippen LogP contribution is -2.32. The molecule has 3 heteroatoms. The van der Waals surface area contributed by atoms with Gasteiger partial charge in [-0.15, -0.1) is 0 Å². The first kappa shape index (κ1) is 12.1. The second-order valence-electron chi connectivity index (χ2n) is 3.98. The lowest BCUT2D eigenvalue weighted by atomic mass is 10.2. The van der Waals surface area contributed by atoms with Crippen LogP contribution in [0.15, 0.2) is 24.4 Å². The Kier molecular flexibility index (Phi) is 5.29. The molecule has 1 aromatic rings. The van der Waals surface area contributed by atoms with Crippen molar-refractivity contribution in [2.24, 2.45) is 5.73 Å². The van der Waals surface area contributed by atoms with Crippen LogP contribution in [-0.4, -0.2) is 36.1 Å². The fourth-order valence-electron chi connectivity index (χ4n) is 1.52. The van der Waals surface area contributed by atoms with Crippen LogP contribution in [0.4, 0.5) is 0 Å². The lowest BCUT2D eigenvalue weighted by molar-refractivity contribution is 0.251. The quantitative estimate of drug-likeness (QED) is 0.764. The highest BCUT2D eigenvalue weighted by Gasteiger charge is 2.07. The van der Waals surface area contributed by atoms with Crippen LogP contribution in [-0.2, 0) is 6.42 Å². The molecule has 0 fully saturated rings. The van der Waals surface area contributed by atoms with E-state index in [1.807, 2.05) is 18.3 Å². The van der Waals surface area contributed by atoms with Gasteiger partial charge in [0, 0.05) is 30.9 Å². The van der Waals surface area contributed by atoms with Gasteiger partial charge in [-0.25, -0.2) is 0 Å². The van der Waals surface area contributed by atoms with E-state index < -0.39 is 0 Å². The van der Waals surface area contributed by atoms with Crippen molar-refractivity contribution in [2.45, 2.75) is 25.8 Å². The van der Waals surface area contributed by atoms with E-state index in [1.54, 1.807) is 0 Å². The zero-order chi connectivity index (χ0) is 11.1. The molecule has 2 N–H and O–H groups in total. The van der Waals surface area contributed by atoms with Crippen molar-refractivity contribution >= 4 is 0 Å². The zero-order valence-electron chi connectivity index (χ0n) is 9.69. The Morgan fingerprint density at radius 1 is 1.47 bits per heavy atom.